The van der Waals surface area contributed by atoms with Crippen LogP contribution in [0.5, 0.6) is 0 Å². The molecule has 0 aliphatic heterocycles. The van der Waals surface area contributed by atoms with Gasteiger partial charge in [-0.05, 0) is 26.1 Å². The number of alkyl halides is 1. The minimum Gasteiger partial charge on any atom is -0.658 e. The fourth-order valence-electron chi connectivity index (χ4n) is 3.27. The van der Waals surface area contributed by atoms with Crippen LogP contribution in [0.2, 0.25) is 0 Å². The van der Waals surface area contributed by atoms with E-state index < -0.39 is 6.17 Å². The van der Waals surface area contributed by atoms with Crippen molar-refractivity contribution < 1.29 is 28.0 Å². The number of hydrogen-bond donors (Lipinski definition) is 0. The van der Waals surface area contributed by atoms with E-state index in [4.69, 9.17) is 0 Å². The molecule has 1 aliphatic carbocycles. The van der Waals surface area contributed by atoms with Gasteiger partial charge in [0.15, 0.2) is 12.0 Å². The van der Waals surface area contributed by atoms with Gasteiger partial charge in [-0.25, -0.2) is 4.39 Å². The molecule has 0 saturated heterocycles. The molecule has 0 spiro atoms. The van der Waals surface area contributed by atoms with Gasteiger partial charge >= 0.3 is 18.9 Å². The third-order valence-corrected chi connectivity index (χ3v) is 4.41. The summed E-state index contributed by atoms with van der Waals surface area (Å²) in [6.07, 6.45) is -0.0354. The van der Waals surface area contributed by atoms with Crippen LogP contribution in [0.4, 0.5) is 4.39 Å². The first-order valence-corrected chi connectivity index (χ1v) is 8.78. The molecule has 2 atom stereocenters. The maximum atomic E-state index is 13.7. The Morgan fingerprint density at radius 1 is 1.12 bits per heavy atom. The SMILES string of the molecule is CC(C)[N-]C(C)C.CN(C)C1(c2ccccc2)CCC(=O)C(F)C1.[Li+]. The molecule has 1 fully saturated rings. The van der Waals surface area contributed by atoms with E-state index >= 15 is 0 Å². The minimum atomic E-state index is -1.33. The zero-order chi connectivity index (χ0) is 18.3. The predicted octanol–water partition coefficient (Wildman–Crippen LogP) is 1.72. The summed E-state index contributed by atoms with van der Waals surface area (Å²) in [6.45, 7) is 8.39. The van der Waals surface area contributed by atoms with Crippen LogP contribution in [-0.2, 0) is 10.3 Å². The second-order valence-electron chi connectivity index (χ2n) is 7.27. The molecule has 1 aromatic carbocycles. The number of carbonyl (C=O) groups is 1. The molecule has 136 valence electrons. The second kappa shape index (κ2) is 11.1. The van der Waals surface area contributed by atoms with Gasteiger partial charge in [-0.15, -0.1) is 12.1 Å². The third kappa shape index (κ3) is 7.23. The number of Topliss-reactive ketones (excluding diaryl/α,β-unsaturated/α-hetero) is 1. The van der Waals surface area contributed by atoms with Crippen molar-refractivity contribution in [3.05, 3.63) is 41.2 Å². The van der Waals surface area contributed by atoms with Crippen molar-refractivity contribution in [2.24, 2.45) is 0 Å². The molecule has 0 N–H and O–H groups in total. The van der Waals surface area contributed by atoms with E-state index in [-0.39, 0.29) is 36.6 Å². The molecule has 25 heavy (non-hydrogen) atoms. The summed E-state index contributed by atoms with van der Waals surface area (Å²) in [7, 11) is 3.91. The van der Waals surface area contributed by atoms with Crippen LogP contribution in [0, 0.1) is 0 Å². The standard InChI is InChI=1S/C14H18FNO.C6H14N.Li/c1-16(2)14(11-6-4-3-5-7-11)9-8-13(17)12(15)10-14;1-5(2)7-6(3)4;/h3-7,12H,8-10H2,1-2H3;5-6H,1-4H3;/q;-1;+1. The van der Waals surface area contributed by atoms with Gasteiger partial charge in [0.2, 0.25) is 0 Å². The van der Waals surface area contributed by atoms with Crippen LogP contribution in [0.25, 0.3) is 5.32 Å². The van der Waals surface area contributed by atoms with Crippen molar-refractivity contribution in [1.29, 1.82) is 0 Å². The molecule has 3 nitrogen and oxygen atoms in total. The van der Waals surface area contributed by atoms with Gasteiger partial charge in [0, 0.05) is 18.4 Å². The van der Waals surface area contributed by atoms with E-state index in [2.05, 4.69) is 33.0 Å². The first-order chi connectivity index (χ1) is 11.2. The maximum absolute atomic E-state index is 13.7. The van der Waals surface area contributed by atoms with Gasteiger partial charge in [0.1, 0.15) is 0 Å². The molecule has 1 saturated carbocycles. The van der Waals surface area contributed by atoms with Crippen LogP contribution in [0.15, 0.2) is 30.3 Å². The Morgan fingerprint density at radius 3 is 2.00 bits per heavy atom. The summed E-state index contributed by atoms with van der Waals surface area (Å²) in [5, 5.41) is 4.28. The van der Waals surface area contributed by atoms with Crippen molar-refractivity contribution in [2.75, 3.05) is 14.1 Å². The van der Waals surface area contributed by atoms with Crippen LogP contribution in [0.1, 0.15) is 52.5 Å². The van der Waals surface area contributed by atoms with E-state index in [0.29, 0.717) is 24.9 Å². The van der Waals surface area contributed by atoms with E-state index in [1.165, 1.54) is 0 Å². The van der Waals surface area contributed by atoms with Crippen LogP contribution >= 0.6 is 0 Å². The summed E-state index contributed by atoms with van der Waals surface area (Å²) >= 11 is 0. The summed E-state index contributed by atoms with van der Waals surface area (Å²) in [5.41, 5.74) is 0.759. The molecular weight excluding hydrogens is 310 g/mol. The van der Waals surface area contributed by atoms with Gasteiger partial charge in [-0.3, -0.25) is 9.69 Å². The molecule has 0 radical (unpaired) electrons. The number of rotatable bonds is 4. The maximum Gasteiger partial charge on any atom is 1.00 e. The predicted molar refractivity (Wildman–Crippen MR) is 99.2 cm³/mol. The smallest absolute Gasteiger partial charge is 0.658 e. The largest absolute Gasteiger partial charge is 1.00 e. The average molecular weight is 342 g/mol. The monoisotopic (exact) mass is 342 g/mol. The average Bonchev–Trinajstić information content (AvgIpc) is 2.50. The summed E-state index contributed by atoms with van der Waals surface area (Å²) < 4.78 is 13.7. The van der Waals surface area contributed by atoms with Crippen molar-refractivity contribution in [1.82, 2.24) is 4.90 Å². The van der Waals surface area contributed by atoms with Crippen LogP contribution in [0.3, 0.4) is 0 Å². The molecule has 0 aromatic heterocycles. The number of carbonyl (C=O) groups excluding carboxylic acids is 1. The second-order valence-corrected chi connectivity index (χ2v) is 7.27. The topological polar surface area (TPSA) is 34.4 Å². The molecule has 0 bridgehead atoms. The zero-order valence-electron chi connectivity index (χ0n) is 16.9. The molecule has 2 rings (SSSR count). The Morgan fingerprint density at radius 2 is 1.64 bits per heavy atom. The fourth-order valence-corrected chi connectivity index (χ4v) is 3.27. The van der Waals surface area contributed by atoms with Crippen molar-refractivity contribution in [3.63, 3.8) is 0 Å². The van der Waals surface area contributed by atoms with Gasteiger partial charge in [0.05, 0.1) is 0 Å². The summed E-state index contributed by atoms with van der Waals surface area (Å²) in [4.78, 5) is 13.4. The van der Waals surface area contributed by atoms with Crippen LogP contribution in [-0.4, -0.2) is 43.0 Å². The molecule has 2 unspecified atom stereocenters. The number of benzene rings is 1. The quantitative estimate of drug-likeness (QED) is 0.781. The van der Waals surface area contributed by atoms with E-state index in [1.807, 2.05) is 49.3 Å². The van der Waals surface area contributed by atoms with Gasteiger partial charge in [-0.1, -0.05) is 58.0 Å². The van der Waals surface area contributed by atoms with Gasteiger partial charge in [0.25, 0.3) is 0 Å². The van der Waals surface area contributed by atoms with Crippen LogP contribution < -0.4 is 18.9 Å². The number of halogens is 1. The molecule has 1 aliphatic rings. The Balaban J connectivity index is 0.000000620. The normalized spacial score (nSPS) is 23.3. The summed E-state index contributed by atoms with van der Waals surface area (Å²) in [5.74, 6) is -0.251. The van der Waals surface area contributed by atoms with E-state index in [9.17, 15) is 9.18 Å². The summed E-state index contributed by atoms with van der Waals surface area (Å²) in [6, 6.07) is 10.9. The third-order valence-electron chi connectivity index (χ3n) is 4.41. The van der Waals surface area contributed by atoms with Crippen molar-refractivity contribution in [3.8, 4) is 0 Å². The van der Waals surface area contributed by atoms with Gasteiger partial charge in [-0.2, -0.15) is 0 Å². The Bertz CT molecular complexity index is 502. The van der Waals surface area contributed by atoms with E-state index in [0.717, 1.165) is 5.56 Å². The Labute approximate surface area is 164 Å². The fraction of sp³-hybridized carbons (Fsp3) is 0.650. The number of hydrogen-bond acceptors (Lipinski definition) is 2. The number of nitrogens with zero attached hydrogens (tertiary/aromatic N) is 2. The molecule has 5 heteroatoms. The Kier molecular flexibility index (Phi) is 10.8. The number of ketones is 1. The first kappa shape index (κ1) is 24.3. The van der Waals surface area contributed by atoms with Crippen molar-refractivity contribution >= 4 is 5.78 Å². The molecular formula is C20H32FLiN2O. The molecule has 0 amide bonds. The zero-order valence-corrected chi connectivity index (χ0v) is 16.9. The van der Waals surface area contributed by atoms with Crippen molar-refractivity contribution in [2.45, 2.75) is 70.8 Å². The van der Waals surface area contributed by atoms with Gasteiger partial charge < -0.3 is 5.32 Å². The molecule has 1 aromatic rings. The Hall–Kier alpha value is -0.663. The van der Waals surface area contributed by atoms with E-state index in [1.54, 1.807) is 0 Å². The minimum absolute atomic E-state index is 0. The first-order valence-electron chi connectivity index (χ1n) is 8.78. The molecule has 0 heterocycles.